The van der Waals surface area contributed by atoms with Crippen molar-refractivity contribution in [3.05, 3.63) is 35.9 Å². The average Bonchev–Trinajstić information content (AvgIpc) is 2.78. The van der Waals surface area contributed by atoms with Gasteiger partial charge >= 0.3 is 0 Å². The molecule has 2 aliphatic heterocycles. The van der Waals surface area contributed by atoms with Crippen molar-refractivity contribution in [3.8, 4) is 12.1 Å². The summed E-state index contributed by atoms with van der Waals surface area (Å²) in [6.45, 7) is 0.553. The van der Waals surface area contributed by atoms with Gasteiger partial charge in [0.15, 0.2) is 10.8 Å². The van der Waals surface area contributed by atoms with Crippen molar-refractivity contribution in [1.82, 2.24) is 0 Å². The van der Waals surface area contributed by atoms with Gasteiger partial charge in [-0.1, -0.05) is 42.1 Å². The molecule has 1 aliphatic carbocycles. The highest BCUT2D eigenvalue weighted by atomic mass is 32.2. The number of fused-ring (bicyclic) bond motifs is 2. The Bertz CT molecular complexity index is 728. The number of ether oxygens (including phenoxy) is 1. The SMILES string of the molecule is N#C[C@@]12[C@H](c3ccccc3)[C@]1(C#N)C(N)=[NH+][C@@]21OCCS1. The van der Waals surface area contributed by atoms with Gasteiger partial charge in [-0.05, 0) is 5.56 Å². The van der Waals surface area contributed by atoms with Crippen LogP contribution < -0.4 is 10.7 Å². The molecule has 2 heterocycles. The van der Waals surface area contributed by atoms with Crippen LogP contribution >= 0.6 is 11.8 Å². The van der Waals surface area contributed by atoms with E-state index >= 15 is 0 Å². The monoisotopic (exact) mass is 297 g/mol. The molecule has 0 amide bonds. The standard InChI is InChI=1S/C15H12N4OS/c16-8-13-11(10-4-2-1-3-5-10)14(13,9-17)15(19-12(13)18)20-6-7-21-15/h1-5,11H,6-7H2,(H2,18,19)/p+1/t11-,13-,14-,15-/m1/s1. The fraction of sp³-hybridized carbons (Fsp3) is 0.400. The lowest BCUT2D eigenvalue weighted by Crippen LogP contribution is -2.88. The Balaban J connectivity index is 1.95. The Morgan fingerprint density at radius 2 is 2.05 bits per heavy atom. The summed E-state index contributed by atoms with van der Waals surface area (Å²) in [4.78, 5) is 3.10. The first-order valence-corrected chi connectivity index (χ1v) is 7.73. The largest absolute Gasteiger partial charge is 0.327 e. The minimum Gasteiger partial charge on any atom is -0.327 e. The normalized spacial score (nSPS) is 43.0. The number of nitrogens with two attached hydrogens (primary N) is 1. The third-order valence-electron chi connectivity index (χ3n) is 4.83. The van der Waals surface area contributed by atoms with Gasteiger partial charge in [0.25, 0.3) is 10.9 Å². The quantitative estimate of drug-likeness (QED) is 0.740. The molecular formula is C15H13N4OS+. The Morgan fingerprint density at radius 1 is 1.29 bits per heavy atom. The number of nitrogens with zero attached hydrogens (tertiary/aromatic N) is 2. The maximum absolute atomic E-state index is 9.94. The zero-order valence-corrected chi connectivity index (χ0v) is 12.0. The van der Waals surface area contributed by atoms with Crippen molar-refractivity contribution in [2.75, 3.05) is 12.4 Å². The molecule has 104 valence electrons. The fourth-order valence-electron chi connectivity index (χ4n) is 3.96. The predicted molar refractivity (Wildman–Crippen MR) is 76.6 cm³/mol. The van der Waals surface area contributed by atoms with Crippen LogP contribution in [0.4, 0.5) is 0 Å². The van der Waals surface area contributed by atoms with E-state index in [0.29, 0.717) is 12.4 Å². The summed E-state index contributed by atoms with van der Waals surface area (Å²) in [7, 11) is 0. The van der Waals surface area contributed by atoms with Gasteiger partial charge in [0.2, 0.25) is 0 Å². The number of nitrogens with one attached hydrogen (secondary N) is 1. The Labute approximate surface area is 126 Å². The van der Waals surface area contributed by atoms with Crippen LogP contribution in [-0.2, 0) is 4.74 Å². The van der Waals surface area contributed by atoms with Crippen molar-refractivity contribution in [2.45, 2.75) is 11.0 Å². The third-order valence-corrected chi connectivity index (χ3v) is 6.15. The lowest BCUT2D eigenvalue weighted by atomic mass is 9.95. The smallest absolute Gasteiger partial charge is 0.277 e. The van der Waals surface area contributed by atoms with Crippen LogP contribution in [-0.4, -0.2) is 23.3 Å². The van der Waals surface area contributed by atoms with E-state index in [0.717, 1.165) is 11.3 Å². The minimum atomic E-state index is -1.01. The maximum atomic E-state index is 9.94. The zero-order chi connectivity index (χ0) is 14.7. The zero-order valence-electron chi connectivity index (χ0n) is 11.2. The van der Waals surface area contributed by atoms with Crippen LogP contribution in [0.3, 0.4) is 0 Å². The van der Waals surface area contributed by atoms with Crippen molar-refractivity contribution in [1.29, 1.82) is 10.5 Å². The second kappa shape index (κ2) is 3.79. The molecule has 1 saturated carbocycles. The van der Waals surface area contributed by atoms with Crippen LogP contribution in [0.5, 0.6) is 0 Å². The van der Waals surface area contributed by atoms with E-state index in [1.807, 2.05) is 30.3 Å². The lowest BCUT2D eigenvalue weighted by molar-refractivity contribution is -0.583. The van der Waals surface area contributed by atoms with E-state index in [9.17, 15) is 10.5 Å². The third kappa shape index (κ3) is 1.12. The molecule has 1 spiro atoms. The highest BCUT2D eigenvalue weighted by Crippen LogP contribution is 2.80. The molecule has 1 saturated heterocycles. The Morgan fingerprint density at radius 3 is 2.62 bits per heavy atom. The van der Waals surface area contributed by atoms with E-state index in [2.05, 4.69) is 17.1 Å². The van der Waals surface area contributed by atoms with Gasteiger partial charge in [-0.25, -0.2) is 4.99 Å². The summed E-state index contributed by atoms with van der Waals surface area (Å²) < 4.78 is 5.88. The van der Waals surface area contributed by atoms with Crippen LogP contribution in [0, 0.1) is 33.5 Å². The minimum absolute atomic E-state index is 0.256. The molecule has 1 aromatic rings. The van der Waals surface area contributed by atoms with Crippen LogP contribution in [0.1, 0.15) is 11.5 Å². The molecule has 2 fully saturated rings. The average molecular weight is 297 g/mol. The van der Waals surface area contributed by atoms with E-state index in [1.165, 1.54) is 11.8 Å². The van der Waals surface area contributed by atoms with E-state index in [-0.39, 0.29) is 5.92 Å². The molecule has 6 heteroatoms. The number of hydrogen-bond acceptors (Lipinski definition) is 5. The summed E-state index contributed by atoms with van der Waals surface area (Å²) in [6, 6.07) is 14.3. The highest BCUT2D eigenvalue weighted by Gasteiger charge is 2.96. The van der Waals surface area contributed by atoms with Gasteiger partial charge in [0.05, 0.1) is 18.7 Å². The van der Waals surface area contributed by atoms with E-state index in [4.69, 9.17) is 10.5 Å². The number of rotatable bonds is 1. The van der Waals surface area contributed by atoms with Crippen LogP contribution in [0.15, 0.2) is 30.3 Å². The first-order valence-electron chi connectivity index (χ1n) is 6.75. The summed E-state index contributed by atoms with van der Waals surface area (Å²) in [5.74, 6) is 0.884. The number of nitriles is 2. The first-order chi connectivity index (χ1) is 10.2. The summed E-state index contributed by atoms with van der Waals surface area (Å²) in [5.41, 5.74) is 5.12. The lowest BCUT2D eigenvalue weighted by Gasteiger charge is -2.23. The number of hydrogen-bond donors (Lipinski definition) is 2. The van der Waals surface area contributed by atoms with Crippen molar-refractivity contribution in [3.63, 3.8) is 0 Å². The molecular weight excluding hydrogens is 284 g/mol. The molecule has 4 rings (SSSR count). The van der Waals surface area contributed by atoms with E-state index in [1.54, 1.807) is 0 Å². The molecule has 0 bridgehead atoms. The number of benzene rings is 1. The Kier molecular flexibility index (Phi) is 2.29. The molecule has 1 aromatic carbocycles. The molecule has 21 heavy (non-hydrogen) atoms. The molecule has 3 N–H and O–H groups in total. The fourth-order valence-corrected chi connectivity index (χ4v) is 5.32. The highest BCUT2D eigenvalue weighted by molar-refractivity contribution is 8.00. The Hall–Kier alpha value is -2.02. The van der Waals surface area contributed by atoms with Crippen LogP contribution in [0.25, 0.3) is 0 Å². The first kappa shape index (κ1) is 12.7. The summed E-state index contributed by atoms with van der Waals surface area (Å²) in [6.07, 6.45) is 0. The van der Waals surface area contributed by atoms with Gasteiger partial charge in [-0.3, -0.25) is 5.73 Å². The topological polar surface area (TPSA) is 96.8 Å². The number of amidine groups is 1. The van der Waals surface area contributed by atoms with E-state index < -0.39 is 15.9 Å². The summed E-state index contributed by atoms with van der Waals surface area (Å²) in [5, 5.41) is 18.8. The number of thioether (sulfide) groups is 1. The molecule has 4 atom stereocenters. The van der Waals surface area contributed by atoms with Gasteiger partial charge in [0.1, 0.15) is 0 Å². The maximum Gasteiger partial charge on any atom is 0.277 e. The van der Waals surface area contributed by atoms with Gasteiger partial charge in [0, 0.05) is 11.7 Å². The van der Waals surface area contributed by atoms with Gasteiger partial charge in [-0.15, -0.1) is 0 Å². The van der Waals surface area contributed by atoms with Gasteiger partial charge < -0.3 is 4.74 Å². The second-order valence-electron chi connectivity index (χ2n) is 5.54. The second-order valence-corrected chi connectivity index (χ2v) is 6.81. The molecule has 3 aliphatic rings. The van der Waals surface area contributed by atoms with Crippen molar-refractivity contribution >= 4 is 17.6 Å². The van der Waals surface area contributed by atoms with Crippen molar-refractivity contribution in [2.24, 2.45) is 16.6 Å². The molecule has 0 radical (unpaired) electrons. The predicted octanol–water partition coefficient (Wildman–Crippen LogP) is -0.328. The van der Waals surface area contributed by atoms with Crippen LogP contribution in [0.2, 0.25) is 0 Å². The van der Waals surface area contributed by atoms with Crippen molar-refractivity contribution < 1.29 is 9.73 Å². The summed E-state index contributed by atoms with van der Waals surface area (Å²) >= 11 is 1.53. The molecule has 5 nitrogen and oxygen atoms in total. The van der Waals surface area contributed by atoms with Gasteiger partial charge in [-0.2, -0.15) is 10.5 Å². The molecule has 0 aromatic heterocycles. The molecule has 0 unspecified atom stereocenters.